The second-order valence-electron chi connectivity index (χ2n) is 7.89. The molecular weight excluding hydrogens is 475 g/mol. The number of halogens is 2. The molecule has 2 heterocycles. The number of benzene rings is 2. The van der Waals surface area contributed by atoms with Gasteiger partial charge in [-0.05, 0) is 49.6 Å². The van der Waals surface area contributed by atoms with E-state index in [-0.39, 0.29) is 35.9 Å². The minimum Gasteiger partial charge on any atom is -0.486 e. The fourth-order valence-corrected chi connectivity index (χ4v) is 5.68. The first-order valence-corrected chi connectivity index (χ1v) is 12.6. The lowest BCUT2D eigenvalue weighted by Crippen LogP contribution is -2.43. The highest BCUT2D eigenvalue weighted by Crippen LogP contribution is 2.34. The van der Waals surface area contributed by atoms with E-state index in [9.17, 15) is 13.2 Å². The highest BCUT2D eigenvalue weighted by molar-refractivity contribution is 7.89. The van der Waals surface area contributed by atoms with Crippen LogP contribution in [0.5, 0.6) is 11.5 Å². The van der Waals surface area contributed by atoms with Gasteiger partial charge in [-0.3, -0.25) is 4.79 Å². The number of rotatable bonds is 5. The van der Waals surface area contributed by atoms with Gasteiger partial charge in [-0.15, -0.1) is 0 Å². The molecule has 7 nitrogen and oxygen atoms in total. The van der Waals surface area contributed by atoms with Gasteiger partial charge < -0.3 is 14.8 Å². The lowest BCUT2D eigenvalue weighted by atomic mass is 9.96. The van der Waals surface area contributed by atoms with Crippen LogP contribution in [0.15, 0.2) is 41.3 Å². The molecule has 2 aliphatic rings. The summed E-state index contributed by atoms with van der Waals surface area (Å²) in [7, 11) is -3.68. The Morgan fingerprint density at radius 3 is 2.41 bits per heavy atom. The Kier molecular flexibility index (Phi) is 6.86. The predicted molar refractivity (Wildman–Crippen MR) is 122 cm³/mol. The number of nitrogens with one attached hydrogen (secondary N) is 1. The van der Waals surface area contributed by atoms with Gasteiger partial charge in [0.05, 0.1) is 21.0 Å². The van der Waals surface area contributed by atoms with E-state index in [4.69, 9.17) is 32.7 Å². The zero-order valence-electron chi connectivity index (χ0n) is 17.5. The van der Waals surface area contributed by atoms with Crippen molar-refractivity contribution in [2.24, 2.45) is 5.92 Å². The van der Waals surface area contributed by atoms with E-state index in [0.717, 1.165) is 5.56 Å². The van der Waals surface area contributed by atoms with E-state index in [0.29, 0.717) is 47.6 Å². The fraction of sp³-hybridized carbons (Fsp3) is 0.409. The third-order valence-electron chi connectivity index (χ3n) is 5.78. The molecule has 2 aliphatic heterocycles. The van der Waals surface area contributed by atoms with Gasteiger partial charge in [-0.2, -0.15) is 4.31 Å². The van der Waals surface area contributed by atoms with E-state index in [1.807, 2.05) is 13.0 Å². The van der Waals surface area contributed by atoms with Crippen LogP contribution in [0.2, 0.25) is 10.0 Å². The number of hydrogen-bond acceptors (Lipinski definition) is 5. The maximum atomic E-state index is 13.1. The van der Waals surface area contributed by atoms with Crippen molar-refractivity contribution in [3.8, 4) is 11.5 Å². The number of fused-ring (bicyclic) bond motifs is 1. The Balaban J connectivity index is 1.37. The van der Waals surface area contributed by atoms with Crippen molar-refractivity contribution in [2.75, 3.05) is 26.3 Å². The molecule has 1 saturated heterocycles. The Bertz CT molecular complexity index is 1120. The predicted octanol–water partition coefficient (Wildman–Crippen LogP) is 4.04. The summed E-state index contributed by atoms with van der Waals surface area (Å²) in [5.41, 5.74) is 0.853. The van der Waals surface area contributed by atoms with Gasteiger partial charge in [0, 0.05) is 25.1 Å². The van der Waals surface area contributed by atoms with Crippen LogP contribution in [0.3, 0.4) is 0 Å². The average Bonchev–Trinajstić information content (AvgIpc) is 2.80. The first-order valence-electron chi connectivity index (χ1n) is 10.4. The molecule has 1 fully saturated rings. The highest BCUT2D eigenvalue weighted by atomic mass is 35.5. The van der Waals surface area contributed by atoms with Crippen molar-refractivity contribution in [1.29, 1.82) is 0 Å². The number of amides is 1. The van der Waals surface area contributed by atoms with Crippen LogP contribution < -0.4 is 14.8 Å². The van der Waals surface area contributed by atoms with Crippen molar-refractivity contribution < 1.29 is 22.7 Å². The lowest BCUT2D eigenvalue weighted by molar-refractivity contribution is -0.126. The largest absolute Gasteiger partial charge is 0.486 e. The molecule has 4 rings (SSSR count). The molecular formula is C22H24Cl2N2O5S. The third kappa shape index (κ3) is 4.83. The summed E-state index contributed by atoms with van der Waals surface area (Å²) in [6, 6.07) is 9.66. The molecule has 0 aliphatic carbocycles. The van der Waals surface area contributed by atoms with Gasteiger partial charge >= 0.3 is 0 Å². The number of ether oxygens (including phenoxy) is 2. The molecule has 10 heteroatoms. The first kappa shape index (κ1) is 23.2. The maximum Gasteiger partial charge on any atom is 0.243 e. The zero-order chi connectivity index (χ0) is 22.9. The van der Waals surface area contributed by atoms with Crippen LogP contribution in [0.1, 0.15) is 31.4 Å². The van der Waals surface area contributed by atoms with Crippen LogP contribution in [-0.2, 0) is 14.8 Å². The van der Waals surface area contributed by atoms with Gasteiger partial charge in [-0.25, -0.2) is 8.42 Å². The van der Waals surface area contributed by atoms with Gasteiger partial charge in [0.15, 0.2) is 11.5 Å². The quantitative estimate of drug-likeness (QED) is 0.672. The van der Waals surface area contributed by atoms with E-state index < -0.39 is 10.0 Å². The SMILES string of the molecule is CC(NC(=O)C1CCN(S(=O)(=O)c2ccc3c(c2)OCCO3)CC1)c1ccc(Cl)c(Cl)c1. The van der Waals surface area contributed by atoms with Crippen molar-refractivity contribution in [2.45, 2.75) is 30.7 Å². The topological polar surface area (TPSA) is 84.9 Å². The van der Waals surface area contributed by atoms with Crippen LogP contribution in [0.4, 0.5) is 0 Å². The molecule has 0 aromatic heterocycles. The summed E-state index contributed by atoms with van der Waals surface area (Å²) < 4.78 is 38.5. The Morgan fingerprint density at radius 2 is 1.72 bits per heavy atom. The summed E-state index contributed by atoms with van der Waals surface area (Å²) in [5, 5.41) is 3.89. The standard InChI is InChI=1S/C22H24Cl2N2O5S/c1-14(16-2-4-18(23)19(24)12-16)25-22(27)15-6-8-26(9-7-15)32(28,29)17-3-5-20-21(13-17)31-11-10-30-20/h2-5,12-15H,6-11H2,1H3,(H,25,27). The summed E-state index contributed by atoms with van der Waals surface area (Å²) in [6.07, 6.45) is 0.896. The van der Waals surface area contributed by atoms with E-state index in [2.05, 4.69) is 5.32 Å². The number of carbonyl (C=O) groups is 1. The molecule has 1 N–H and O–H groups in total. The van der Waals surface area contributed by atoms with Gasteiger partial charge in [0.1, 0.15) is 13.2 Å². The maximum absolute atomic E-state index is 13.1. The van der Waals surface area contributed by atoms with E-state index >= 15 is 0 Å². The summed E-state index contributed by atoms with van der Waals surface area (Å²) in [5.74, 6) is 0.622. The van der Waals surface area contributed by atoms with Crippen molar-refractivity contribution in [3.63, 3.8) is 0 Å². The minimum absolute atomic E-state index is 0.0973. The molecule has 2 aromatic carbocycles. The number of carbonyl (C=O) groups excluding carboxylic acids is 1. The molecule has 32 heavy (non-hydrogen) atoms. The number of hydrogen-bond donors (Lipinski definition) is 1. The number of sulfonamides is 1. The molecule has 0 bridgehead atoms. The minimum atomic E-state index is -3.68. The molecule has 1 amide bonds. The van der Waals surface area contributed by atoms with Gasteiger partial charge in [0.2, 0.25) is 15.9 Å². The lowest BCUT2D eigenvalue weighted by Gasteiger charge is -2.31. The zero-order valence-corrected chi connectivity index (χ0v) is 19.8. The number of piperidine rings is 1. The Labute approximate surface area is 197 Å². The number of nitrogens with zero attached hydrogens (tertiary/aromatic N) is 1. The van der Waals surface area contributed by atoms with Crippen molar-refractivity contribution >= 4 is 39.1 Å². The molecule has 1 atom stereocenters. The van der Waals surface area contributed by atoms with Crippen LogP contribution in [0.25, 0.3) is 0 Å². The summed E-state index contributed by atoms with van der Waals surface area (Å²) in [4.78, 5) is 12.9. The van der Waals surface area contributed by atoms with Crippen LogP contribution >= 0.6 is 23.2 Å². The monoisotopic (exact) mass is 498 g/mol. The second kappa shape index (κ2) is 9.47. The van der Waals surface area contributed by atoms with Crippen LogP contribution in [0, 0.1) is 5.92 Å². The molecule has 172 valence electrons. The molecule has 0 saturated carbocycles. The third-order valence-corrected chi connectivity index (χ3v) is 8.41. The van der Waals surface area contributed by atoms with E-state index in [1.54, 1.807) is 18.2 Å². The highest BCUT2D eigenvalue weighted by Gasteiger charge is 2.33. The summed E-state index contributed by atoms with van der Waals surface area (Å²) in [6.45, 7) is 3.25. The molecule has 1 unspecified atom stereocenters. The van der Waals surface area contributed by atoms with Crippen molar-refractivity contribution in [1.82, 2.24) is 9.62 Å². The van der Waals surface area contributed by atoms with Gasteiger partial charge in [0.25, 0.3) is 0 Å². The normalized spacial score (nSPS) is 18.2. The van der Waals surface area contributed by atoms with Crippen molar-refractivity contribution in [3.05, 3.63) is 52.0 Å². The fourth-order valence-electron chi connectivity index (χ4n) is 3.89. The van der Waals surface area contributed by atoms with Gasteiger partial charge in [-0.1, -0.05) is 29.3 Å². The van der Waals surface area contributed by atoms with Crippen LogP contribution in [-0.4, -0.2) is 44.9 Å². The smallest absolute Gasteiger partial charge is 0.243 e. The molecule has 2 aromatic rings. The molecule has 0 spiro atoms. The Hall–Kier alpha value is -2.00. The average molecular weight is 499 g/mol. The summed E-state index contributed by atoms with van der Waals surface area (Å²) >= 11 is 12.0. The second-order valence-corrected chi connectivity index (χ2v) is 10.6. The van der Waals surface area contributed by atoms with E-state index in [1.165, 1.54) is 16.4 Å². The first-order chi connectivity index (χ1) is 15.3. The Morgan fingerprint density at radius 1 is 1.03 bits per heavy atom. The molecule has 0 radical (unpaired) electrons.